The molecule has 0 unspecified atom stereocenters. The number of benzene rings is 2. The number of carbonyl (C=O) groups is 2. The van der Waals surface area contributed by atoms with Gasteiger partial charge < -0.3 is 10.1 Å². The first-order chi connectivity index (χ1) is 13.3. The van der Waals surface area contributed by atoms with E-state index in [2.05, 4.69) is 10.4 Å². The Bertz CT molecular complexity index is 1130. The highest BCUT2D eigenvalue weighted by Crippen LogP contribution is 2.18. The Kier molecular flexibility index (Phi) is 5.26. The number of ether oxygens (including phenoxy) is 1. The first-order valence-electron chi connectivity index (χ1n) is 8.83. The van der Waals surface area contributed by atoms with E-state index in [4.69, 9.17) is 4.74 Å². The zero-order valence-electron chi connectivity index (χ0n) is 16.1. The molecular formula is C21H21N3O4. The Morgan fingerprint density at radius 2 is 1.79 bits per heavy atom. The van der Waals surface area contributed by atoms with Crippen LogP contribution in [-0.4, -0.2) is 27.8 Å². The molecular weight excluding hydrogens is 358 g/mol. The number of fused-ring (bicyclic) bond motifs is 1. The van der Waals surface area contributed by atoms with Crippen molar-refractivity contribution < 1.29 is 14.3 Å². The maximum Gasteiger partial charge on any atom is 0.360 e. The second kappa shape index (κ2) is 7.64. The maximum atomic E-state index is 12.6. The number of rotatable bonds is 4. The maximum absolute atomic E-state index is 12.6. The monoisotopic (exact) mass is 379 g/mol. The molecule has 1 amide bonds. The molecule has 2 aromatic carbocycles. The highest BCUT2D eigenvalue weighted by molar-refractivity contribution is 6.03. The number of aryl methyl sites for hydroxylation is 3. The molecule has 1 N–H and O–H groups in total. The topological polar surface area (TPSA) is 90.3 Å². The van der Waals surface area contributed by atoms with Crippen LogP contribution >= 0.6 is 0 Å². The van der Waals surface area contributed by atoms with Gasteiger partial charge in [0, 0.05) is 18.1 Å². The van der Waals surface area contributed by atoms with Gasteiger partial charge >= 0.3 is 5.97 Å². The van der Waals surface area contributed by atoms with E-state index < -0.39 is 18.0 Å². The van der Waals surface area contributed by atoms with Crippen LogP contribution in [0.4, 0.5) is 5.69 Å². The summed E-state index contributed by atoms with van der Waals surface area (Å²) >= 11 is 0. The van der Waals surface area contributed by atoms with Crippen LogP contribution in [0.3, 0.4) is 0 Å². The van der Waals surface area contributed by atoms with Gasteiger partial charge in [-0.25, -0.2) is 9.48 Å². The molecule has 144 valence electrons. The van der Waals surface area contributed by atoms with Gasteiger partial charge in [-0.05, 0) is 38.5 Å². The summed E-state index contributed by atoms with van der Waals surface area (Å²) in [4.78, 5) is 37.2. The van der Waals surface area contributed by atoms with Crippen molar-refractivity contribution in [3.8, 4) is 0 Å². The average Bonchev–Trinajstić information content (AvgIpc) is 2.66. The van der Waals surface area contributed by atoms with Gasteiger partial charge in [0.15, 0.2) is 11.8 Å². The SMILES string of the molecule is Cc1ccc(NC(=O)[C@H](C)OC(=O)c2nn(C)c(=O)c3ccccc23)c(C)c1. The molecule has 1 atom stereocenters. The highest BCUT2D eigenvalue weighted by Gasteiger charge is 2.23. The standard InChI is InChI=1S/C21H21N3O4/c1-12-9-10-17(13(2)11-12)22-19(25)14(3)28-21(27)18-15-7-5-6-8-16(15)20(26)24(4)23-18/h5-11,14H,1-4H3,(H,22,25)/t14-/m0/s1. The lowest BCUT2D eigenvalue weighted by Gasteiger charge is -2.15. The quantitative estimate of drug-likeness (QED) is 0.704. The Hall–Kier alpha value is -3.48. The van der Waals surface area contributed by atoms with Gasteiger partial charge in [-0.15, -0.1) is 0 Å². The first-order valence-corrected chi connectivity index (χ1v) is 8.83. The number of nitrogens with zero attached hydrogens (tertiary/aromatic N) is 2. The predicted molar refractivity (Wildman–Crippen MR) is 106 cm³/mol. The minimum Gasteiger partial charge on any atom is -0.448 e. The molecule has 7 heteroatoms. The Labute approximate surface area is 161 Å². The van der Waals surface area contributed by atoms with Crippen molar-refractivity contribution in [3.63, 3.8) is 0 Å². The van der Waals surface area contributed by atoms with Gasteiger partial charge in [0.1, 0.15) is 0 Å². The second-order valence-electron chi connectivity index (χ2n) is 6.68. The fourth-order valence-corrected chi connectivity index (χ4v) is 2.91. The molecule has 0 aliphatic rings. The van der Waals surface area contributed by atoms with E-state index in [9.17, 15) is 14.4 Å². The summed E-state index contributed by atoms with van der Waals surface area (Å²) in [5.74, 6) is -1.22. The molecule has 0 saturated heterocycles. The molecule has 7 nitrogen and oxygen atoms in total. The predicted octanol–water partition coefficient (Wildman–Crippen LogP) is 2.73. The minimum absolute atomic E-state index is 0.0103. The van der Waals surface area contributed by atoms with Crippen LogP contribution in [0.1, 0.15) is 28.5 Å². The van der Waals surface area contributed by atoms with Gasteiger partial charge in [0.05, 0.1) is 5.39 Å². The first kappa shape index (κ1) is 19.3. The van der Waals surface area contributed by atoms with Gasteiger partial charge in [-0.1, -0.05) is 35.9 Å². The smallest absolute Gasteiger partial charge is 0.360 e. The van der Waals surface area contributed by atoms with Gasteiger partial charge in [0.25, 0.3) is 11.5 Å². The summed E-state index contributed by atoms with van der Waals surface area (Å²) in [5.41, 5.74) is 2.33. The third-order valence-corrected chi connectivity index (χ3v) is 4.44. The zero-order valence-corrected chi connectivity index (χ0v) is 16.1. The molecule has 3 aromatic rings. The normalized spacial score (nSPS) is 11.9. The van der Waals surface area contributed by atoms with Crippen molar-refractivity contribution in [2.45, 2.75) is 26.9 Å². The molecule has 0 aliphatic heterocycles. The fourth-order valence-electron chi connectivity index (χ4n) is 2.91. The van der Waals surface area contributed by atoms with Crippen LogP contribution in [0, 0.1) is 13.8 Å². The van der Waals surface area contributed by atoms with E-state index in [1.165, 1.54) is 14.0 Å². The molecule has 0 saturated carbocycles. The second-order valence-corrected chi connectivity index (χ2v) is 6.68. The fraction of sp³-hybridized carbons (Fsp3) is 0.238. The number of anilines is 1. The molecule has 0 aliphatic carbocycles. The molecule has 0 radical (unpaired) electrons. The Morgan fingerprint density at radius 3 is 2.46 bits per heavy atom. The number of hydrogen-bond donors (Lipinski definition) is 1. The summed E-state index contributed by atoms with van der Waals surface area (Å²) in [6, 6.07) is 12.3. The van der Waals surface area contributed by atoms with Crippen molar-refractivity contribution in [2.75, 3.05) is 5.32 Å². The lowest BCUT2D eigenvalue weighted by molar-refractivity contribution is -0.123. The number of carbonyl (C=O) groups excluding carboxylic acids is 2. The third kappa shape index (κ3) is 3.78. The van der Waals surface area contributed by atoms with Crippen molar-refractivity contribution in [1.29, 1.82) is 0 Å². The molecule has 0 bridgehead atoms. The van der Waals surface area contributed by atoms with Crippen LogP contribution in [0.15, 0.2) is 47.3 Å². The van der Waals surface area contributed by atoms with E-state index in [-0.39, 0.29) is 11.3 Å². The molecule has 28 heavy (non-hydrogen) atoms. The van der Waals surface area contributed by atoms with Crippen LogP contribution in [0.25, 0.3) is 10.8 Å². The summed E-state index contributed by atoms with van der Waals surface area (Å²) in [7, 11) is 1.46. The van der Waals surface area contributed by atoms with Crippen LogP contribution in [0.2, 0.25) is 0 Å². The van der Waals surface area contributed by atoms with Crippen LogP contribution < -0.4 is 10.9 Å². The summed E-state index contributed by atoms with van der Waals surface area (Å²) in [6.07, 6.45) is -1.04. The number of nitrogens with one attached hydrogen (secondary N) is 1. The summed E-state index contributed by atoms with van der Waals surface area (Å²) < 4.78 is 6.39. The largest absolute Gasteiger partial charge is 0.448 e. The Morgan fingerprint density at radius 1 is 1.11 bits per heavy atom. The van der Waals surface area contributed by atoms with E-state index in [0.717, 1.165) is 15.8 Å². The van der Waals surface area contributed by atoms with Crippen LogP contribution in [0.5, 0.6) is 0 Å². The number of esters is 1. The van der Waals surface area contributed by atoms with Crippen molar-refractivity contribution in [3.05, 3.63) is 69.6 Å². The summed E-state index contributed by atoms with van der Waals surface area (Å²) in [5, 5.41) is 7.53. The average molecular weight is 379 g/mol. The zero-order chi connectivity index (χ0) is 20.4. The van der Waals surface area contributed by atoms with Gasteiger partial charge in [0.2, 0.25) is 0 Å². The molecule has 0 fully saturated rings. The molecule has 3 rings (SSSR count). The molecule has 1 aromatic heterocycles. The summed E-state index contributed by atoms with van der Waals surface area (Å²) in [6.45, 7) is 5.34. The van der Waals surface area contributed by atoms with E-state index >= 15 is 0 Å². The lowest BCUT2D eigenvalue weighted by atomic mass is 10.1. The van der Waals surface area contributed by atoms with Crippen molar-refractivity contribution in [2.24, 2.45) is 7.05 Å². The lowest BCUT2D eigenvalue weighted by Crippen LogP contribution is -2.31. The van der Waals surface area contributed by atoms with Gasteiger partial charge in [-0.2, -0.15) is 5.10 Å². The number of hydrogen-bond acceptors (Lipinski definition) is 5. The minimum atomic E-state index is -1.04. The highest BCUT2D eigenvalue weighted by atomic mass is 16.5. The van der Waals surface area contributed by atoms with Crippen LogP contribution in [-0.2, 0) is 16.6 Å². The van der Waals surface area contributed by atoms with E-state index in [1.54, 1.807) is 30.3 Å². The third-order valence-electron chi connectivity index (χ3n) is 4.44. The number of aromatic nitrogens is 2. The molecule has 0 spiro atoms. The Balaban J connectivity index is 1.81. The van der Waals surface area contributed by atoms with Crippen molar-refractivity contribution in [1.82, 2.24) is 9.78 Å². The van der Waals surface area contributed by atoms with Crippen molar-refractivity contribution >= 4 is 28.3 Å². The van der Waals surface area contributed by atoms with E-state index in [1.807, 2.05) is 26.0 Å². The molecule has 1 heterocycles. The van der Waals surface area contributed by atoms with Gasteiger partial charge in [-0.3, -0.25) is 9.59 Å². The van der Waals surface area contributed by atoms with E-state index in [0.29, 0.717) is 16.5 Å². The number of amides is 1.